The van der Waals surface area contributed by atoms with Gasteiger partial charge in [0.05, 0.1) is 30.7 Å². The summed E-state index contributed by atoms with van der Waals surface area (Å²) in [4.78, 5) is 36.5. The molecule has 0 bridgehead atoms. The Morgan fingerprint density at radius 1 is 0.949 bits per heavy atom. The number of ether oxygens (including phenoxy) is 2. The number of fused-ring (bicyclic) bond motifs is 1. The maximum absolute atomic E-state index is 13.9. The highest BCUT2D eigenvalue weighted by atomic mass is 32.2. The van der Waals surface area contributed by atoms with Crippen LogP contribution in [0.4, 0.5) is 11.4 Å². The topological polar surface area (TPSA) is 71.4 Å². The van der Waals surface area contributed by atoms with E-state index in [0.29, 0.717) is 47.4 Å². The third-order valence-corrected chi connectivity index (χ3v) is 8.73. The molecule has 3 aromatic carbocycles. The fourth-order valence-electron chi connectivity index (χ4n) is 4.37. The first-order chi connectivity index (χ1) is 19.0. The first-order valence-corrected chi connectivity index (χ1v) is 14.4. The second-order valence-electron chi connectivity index (χ2n) is 8.77. The predicted molar refractivity (Wildman–Crippen MR) is 158 cm³/mol. The molecule has 0 aliphatic carbocycles. The highest BCUT2D eigenvalue weighted by molar-refractivity contribution is 8.19. The summed E-state index contributed by atoms with van der Waals surface area (Å²) in [5.74, 6) is 0.355. The van der Waals surface area contributed by atoms with Crippen molar-refractivity contribution in [2.24, 2.45) is 4.99 Å². The lowest BCUT2D eigenvalue weighted by molar-refractivity contribution is -0.122. The average molecular weight is 560 g/mol. The van der Waals surface area contributed by atoms with Gasteiger partial charge in [-0.05, 0) is 74.0 Å². The first-order valence-electron chi connectivity index (χ1n) is 12.8. The van der Waals surface area contributed by atoms with Gasteiger partial charge in [0.25, 0.3) is 5.91 Å². The van der Waals surface area contributed by atoms with Crippen LogP contribution >= 0.6 is 23.5 Å². The molecule has 0 radical (unpaired) electrons. The number of carbonyl (C=O) groups excluding carboxylic acids is 2. The molecule has 7 nitrogen and oxygen atoms in total. The van der Waals surface area contributed by atoms with E-state index in [2.05, 4.69) is 24.0 Å². The van der Waals surface area contributed by atoms with E-state index in [1.54, 1.807) is 55.0 Å². The quantitative estimate of drug-likeness (QED) is 0.231. The number of hydrogen-bond acceptors (Lipinski definition) is 8. The van der Waals surface area contributed by atoms with E-state index in [0.717, 1.165) is 26.9 Å². The summed E-state index contributed by atoms with van der Waals surface area (Å²) in [5.41, 5.74) is 3.32. The van der Waals surface area contributed by atoms with Crippen LogP contribution < -0.4 is 9.64 Å². The van der Waals surface area contributed by atoms with Crippen LogP contribution in [0.1, 0.15) is 29.8 Å². The number of nitrogens with zero attached hydrogens (tertiary/aromatic N) is 3. The summed E-state index contributed by atoms with van der Waals surface area (Å²) in [6, 6.07) is 23.0. The Labute approximate surface area is 236 Å². The molecular formula is C30H29N3O4S2. The van der Waals surface area contributed by atoms with E-state index >= 15 is 0 Å². The minimum atomic E-state index is -0.368. The van der Waals surface area contributed by atoms with Crippen molar-refractivity contribution in [2.45, 2.75) is 25.2 Å². The number of anilines is 1. The van der Waals surface area contributed by atoms with Crippen molar-refractivity contribution >= 4 is 51.9 Å². The van der Waals surface area contributed by atoms with Crippen LogP contribution in [0, 0.1) is 0 Å². The van der Waals surface area contributed by atoms with Gasteiger partial charge in [0, 0.05) is 24.1 Å². The maximum atomic E-state index is 13.9. The minimum absolute atomic E-state index is 0.0569. The van der Waals surface area contributed by atoms with Crippen LogP contribution in [0.25, 0.3) is 0 Å². The van der Waals surface area contributed by atoms with Crippen molar-refractivity contribution < 1.29 is 19.1 Å². The van der Waals surface area contributed by atoms with E-state index < -0.39 is 0 Å². The van der Waals surface area contributed by atoms with Crippen molar-refractivity contribution in [3.05, 3.63) is 93.9 Å². The van der Waals surface area contributed by atoms with Gasteiger partial charge in [-0.1, -0.05) is 42.1 Å². The van der Waals surface area contributed by atoms with Crippen molar-refractivity contribution in [1.82, 2.24) is 4.90 Å². The Balaban J connectivity index is 1.49. The molecule has 5 rings (SSSR count). The lowest BCUT2D eigenvalue weighted by Gasteiger charge is -2.19. The van der Waals surface area contributed by atoms with Gasteiger partial charge < -0.3 is 14.4 Å². The molecule has 0 aromatic heterocycles. The summed E-state index contributed by atoms with van der Waals surface area (Å²) in [7, 11) is 1.66. The van der Waals surface area contributed by atoms with Gasteiger partial charge in [-0.15, -0.1) is 0 Å². The first kappa shape index (κ1) is 26.9. The molecule has 1 saturated heterocycles. The molecule has 2 aliphatic rings. The van der Waals surface area contributed by atoms with Gasteiger partial charge in [-0.2, -0.15) is 0 Å². The van der Waals surface area contributed by atoms with Gasteiger partial charge in [0.2, 0.25) is 0 Å². The number of thioether (sulfide) groups is 2. The van der Waals surface area contributed by atoms with Crippen molar-refractivity contribution in [1.29, 1.82) is 0 Å². The zero-order valence-corrected chi connectivity index (χ0v) is 23.7. The molecule has 0 saturated carbocycles. The monoisotopic (exact) mass is 559 g/mol. The van der Waals surface area contributed by atoms with E-state index in [9.17, 15) is 9.59 Å². The number of hydrogen-bond donors (Lipinski definition) is 0. The minimum Gasteiger partial charge on any atom is -0.497 e. The third-order valence-electron chi connectivity index (χ3n) is 6.35. The molecule has 200 valence electrons. The number of aliphatic imine (C=N–C) groups is 1. The van der Waals surface area contributed by atoms with E-state index in [4.69, 9.17) is 14.5 Å². The Kier molecular flexibility index (Phi) is 8.28. The second-order valence-corrected chi connectivity index (χ2v) is 10.8. The van der Waals surface area contributed by atoms with Crippen molar-refractivity contribution in [3.8, 4) is 5.75 Å². The summed E-state index contributed by atoms with van der Waals surface area (Å²) in [6.07, 6.45) is 0.707. The van der Waals surface area contributed by atoms with Gasteiger partial charge in [0.1, 0.15) is 15.7 Å². The van der Waals surface area contributed by atoms with E-state index in [1.807, 2.05) is 36.4 Å². The average Bonchev–Trinajstić information content (AvgIpc) is 3.48. The number of methoxy groups -OCH3 is 1. The third kappa shape index (κ3) is 5.69. The smallest absolute Gasteiger partial charge is 0.338 e. The molecule has 0 atom stereocenters. The SMILES string of the molecule is CCOC(=O)c1ccc(N=C2SC(=C3Sc4ccc(OC)cc4N3CC)C(=O)N2CCc2ccccc2)cc1. The molecular weight excluding hydrogens is 530 g/mol. The summed E-state index contributed by atoms with van der Waals surface area (Å²) < 4.78 is 10.5. The van der Waals surface area contributed by atoms with E-state index in [-0.39, 0.29) is 11.9 Å². The number of carbonyl (C=O) groups is 2. The van der Waals surface area contributed by atoms with Crippen LogP contribution in [0.5, 0.6) is 5.75 Å². The van der Waals surface area contributed by atoms with Crippen molar-refractivity contribution in [3.63, 3.8) is 0 Å². The molecule has 0 unspecified atom stereocenters. The molecule has 0 spiro atoms. The number of esters is 1. The van der Waals surface area contributed by atoms with Gasteiger partial charge in [-0.3, -0.25) is 9.69 Å². The normalized spacial score (nSPS) is 17.6. The molecule has 2 aliphatic heterocycles. The van der Waals surface area contributed by atoms with Crippen molar-refractivity contribution in [2.75, 3.05) is 31.7 Å². The standard InChI is InChI=1S/C30H29N3O4S2/c1-4-32-24-19-23(36-3)15-16-25(24)38-28(32)26-27(34)33(18-17-20-9-7-6-8-10-20)30(39-26)31-22-13-11-21(12-14-22)29(35)37-5-2/h6-16,19H,4-5,17-18H2,1-3H3. The summed E-state index contributed by atoms with van der Waals surface area (Å²) >= 11 is 2.99. The lowest BCUT2D eigenvalue weighted by atomic mass is 10.1. The largest absolute Gasteiger partial charge is 0.497 e. The Bertz CT molecular complexity index is 1440. The molecule has 2 heterocycles. The number of amidine groups is 1. The molecule has 0 N–H and O–H groups in total. The number of benzene rings is 3. The second kappa shape index (κ2) is 12.0. The molecule has 3 aromatic rings. The molecule has 39 heavy (non-hydrogen) atoms. The summed E-state index contributed by atoms with van der Waals surface area (Å²) in [5, 5.41) is 1.52. The van der Waals surface area contributed by atoms with Crippen LogP contribution in [-0.2, 0) is 16.0 Å². The zero-order chi connectivity index (χ0) is 27.4. The summed E-state index contributed by atoms with van der Waals surface area (Å²) in [6.45, 7) is 5.39. The molecule has 1 fully saturated rings. The highest BCUT2D eigenvalue weighted by Crippen LogP contribution is 2.51. The zero-order valence-electron chi connectivity index (χ0n) is 22.0. The van der Waals surface area contributed by atoms with Gasteiger partial charge in [-0.25, -0.2) is 9.79 Å². The maximum Gasteiger partial charge on any atom is 0.338 e. The Morgan fingerprint density at radius 2 is 1.72 bits per heavy atom. The van der Waals surface area contributed by atoms with Crippen LogP contribution in [0.15, 0.2) is 92.6 Å². The Morgan fingerprint density at radius 3 is 2.41 bits per heavy atom. The number of rotatable bonds is 8. The van der Waals surface area contributed by atoms with E-state index in [1.165, 1.54) is 11.8 Å². The molecule has 9 heteroatoms. The lowest BCUT2D eigenvalue weighted by Crippen LogP contribution is -2.32. The Hall–Kier alpha value is -3.69. The van der Waals surface area contributed by atoms with Crippen LogP contribution in [-0.4, -0.2) is 48.8 Å². The number of amides is 1. The fraction of sp³-hybridized carbons (Fsp3) is 0.233. The van der Waals surface area contributed by atoms with Crippen LogP contribution in [0.3, 0.4) is 0 Å². The fourth-order valence-corrected chi connectivity index (χ4v) is 6.77. The van der Waals surface area contributed by atoms with Crippen LogP contribution in [0.2, 0.25) is 0 Å². The van der Waals surface area contributed by atoms with Gasteiger partial charge in [0.15, 0.2) is 5.17 Å². The predicted octanol–water partition coefficient (Wildman–Crippen LogP) is 6.48. The highest BCUT2D eigenvalue weighted by Gasteiger charge is 2.39. The molecule has 1 amide bonds. The van der Waals surface area contributed by atoms with Gasteiger partial charge >= 0.3 is 5.97 Å².